The molecule has 7 heteroatoms. The van der Waals surface area contributed by atoms with Gasteiger partial charge in [0.1, 0.15) is 19.0 Å². The summed E-state index contributed by atoms with van der Waals surface area (Å²) in [6.45, 7) is 6.06. The summed E-state index contributed by atoms with van der Waals surface area (Å²) < 4.78 is 19.8. The number of ether oxygens (including phenoxy) is 4. The normalized spacial score (nSPS) is 9.42. The topological polar surface area (TPSA) is 78.1 Å². The quantitative estimate of drug-likeness (QED) is 0.537. The summed E-state index contributed by atoms with van der Waals surface area (Å²) in [5.74, 6) is 0.851. The van der Waals surface area contributed by atoms with Gasteiger partial charge in [0.2, 0.25) is 0 Å². The van der Waals surface area contributed by atoms with Crippen molar-refractivity contribution in [3.8, 4) is 5.75 Å². The second kappa shape index (κ2) is 23.5. The Bertz CT molecular complexity index is 375. The van der Waals surface area contributed by atoms with Gasteiger partial charge in [0.05, 0.1) is 19.8 Å². The van der Waals surface area contributed by atoms with Crippen molar-refractivity contribution in [3.05, 3.63) is 30.3 Å². The Morgan fingerprint density at radius 2 is 1.42 bits per heavy atom. The van der Waals surface area contributed by atoms with Gasteiger partial charge in [0.25, 0.3) is 0 Å². The molecule has 0 bridgehead atoms. The van der Waals surface area contributed by atoms with Gasteiger partial charge in [-0.1, -0.05) is 18.2 Å². The van der Waals surface area contributed by atoms with Crippen LogP contribution in [0.25, 0.3) is 0 Å². The molecule has 0 spiro atoms. The third-order valence-electron chi connectivity index (χ3n) is 2.66. The maximum absolute atomic E-state index is 10.5. The van der Waals surface area contributed by atoms with Crippen molar-refractivity contribution < 1.29 is 23.7 Å². The highest BCUT2D eigenvalue weighted by Crippen LogP contribution is 2.07. The molecular formula is C19H36N2O5. The van der Waals surface area contributed by atoms with E-state index in [1.165, 1.54) is 6.92 Å². The van der Waals surface area contributed by atoms with E-state index in [0.29, 0.717) is 13.2 Å². The van der Waals surface area contributed by atoms with Crippen LogP contribution in [0.5, 0.6) is 5.75 Å². The number of rotatable bonds is 12. The number of benzene rings is 1. The molecular weight excluding hydrogens is 336 g/mol. The molecule has 0 unspecified atom stereocenters. The molecule has 0 aliphatic heterocycles. The second-order valence-corrected chi connectivity index (χ2v) is 5.11. The molecule has 26 heavy (non-hydrogen) atoms. The maximum Gasteiger partial charge on any atom is 0.155 e. The summed E-state index contributed by atoms with van der Waals surface area (Å²) in [6, 6.07) is 9.51. The molecule has 0 heterocycles. The van der Waals surface area contributed by atoms with Gasteiger partial charge in [0, 0.05) is 27.3 Å². The van der Waals surface area contributed by atoms with E-state index < -0.39 is 0 Å². The lowest BCUT2D eigenvalue weighted by Gasteiger charge is -2.05. The fourth-order valence-electron chi connectivity index (χ4n) is 1.36. The van der Waals surface area contributed by atoms with E-state index in [9.17, 15) is 4.79 Å². The van der Waals surface area contributed by atoms with E-state index in [4.69, 9.17) is 18.9 Å². The number of methoxy groups -OCH3 is 2. The first-order chi connectivity index (χ1) is 12.6. The summed E-state index contributed by atoms with van der Waals surface area (Å²) in [5, 5.41) is 5.89. The highest BCUT2D eigenvalue weighted by molar-refractivity contribution is 5.76. The van der Waals surface area contributed by atoms with Crippen LogP contribution in [0.1, 0.15) is 6.92 Å². The van der Waals surface area contributed by atoms with Gasteiger partial charge in [-0.05, 0) is 33.2 Å². The van der Waals surface area contributed by atoms with Crippen LogP contribution in [0.2, 0.25) is 0 Å². The molecule has 152 valence electrons. The number of hydrogen-bond acceptors (Lipinski definition) is 7. The standard InChI is InChI=1S/C11H14O3.2C4H11NO/c1-10(12)9-13-7-8-14-11-5-3-2-4-6-11;2*1-5-3-4-6-2/h2-6H,7-9H2,1H3;2*5H,3-4H2,1-2H3. The third kappa shape index (κ3) is 24.7. The molecule has 1 aromatic rings. The molecule has 7 nitrogen and oxygen atoms in total. The Balaban J connectivity index is 0. The highest BCUT2D eigenvalue weighted by atomic mass is 16.5. The summed E-state index contributed by atoms with van der Waals surface area (Å²) in [6.07, 6.45) is 0. The van der Waals surface area contributed by atoms with E-state index >= 15 is 0 Å². The number of Topliss-reactive ketones (excluding diaryl/α,β-unsaturated/α-hetero) is 1. The molecule has 0 atom stereocenters. The number of para-hydroxylation sites is 1. The van der Waals surface area contributed by atoms with Crippen LogP contribution in [0.4, 0.5) is 0 Å². The Labute approximate surface area is 158 Å². The number of ketones is 1. The average Bonchev–Trinajstić information content (AvgIpc) is 2.66. The van der Waals surface area contributed by atoms with Crippen LogP contribution in [0, 0.1) is 0 Å². The lowest BCUT2D eigenvalue weighted by molar-refractivity contribution is -0.121. The molecule has 0 radical (unpaired) electrons. The van der Waals surface area contributed by atoms with Gasteiger partial charge in [-0.3, -0.25) is 4.79 Å². The minimum Gasteiger partial charge on any atom is -0.491 e. The van der Waals surface area contributed by atoms with Gasteiger partial charge < -0.3 is 29.6 Å². The van der Waals surface area contributed by atoms with Crippen LogP contribution < -0.4 is 15.4 Å². The molecule has 0 saturated carbocycles. The number of likely N-dealkylation sites (N-methyl/N-ethyl adjacent to an activating group) is 2. The SMILES string of the molecule is CC(=O)COCCOc1ccccc1.CNCCOC.CNCCOC. The van der Waals surface area contributed by atoms with Crippen molar-refractivity contribution in [2.75, 3.05) is 74.4 Å². The lowest BCUT2D eigenvalue weighted by atomic mass is 10.3. The van der Waals surface area contributed by atoms with Crippen LogP contribution in [0.3, 0.4) is 0 Å². The first-order valence-electron chi connectivity index (χ1n) is 8.64. The molecule has 0 amide bonds. The molecule has 0 saturated heterocycles. The molecule has 1 rings (SSSR count). The number of carbonyl (C=O) groups excluding carboxylic acids is 1. The van der Waals surface area contributed by atoms with Gasteiger partial charge >= 0.3 is 0 Å². The fraction of sp³-hybridized carbons (Fsp3) is 0.632. The summed E-state index contributed by atoms with van der Waals surface area (Å²) in [5.41, 5.74) is 0. The smallest absolute Gasteiger partial charge is 0.155 e. The average molecular weight is 373 g/mol. The third-order valence-corrected chi connectivity index (χ3v) is 2.66. The number of hydrogen-bond donors (Lipinski definition) is 2. The van der Waals surface area contributed by atoms with E-state index in [2.05, 4.69) is 10.6 Å². The van der Waals surface area contributed by atoms with E-state index in [1.807, 2.05) is 44.4 Å². The van der Waals surface area contributed by atoms with Crippen LogP contribution in [0.15, 0.2) is 30.3 Å². The van der Waals surface area contributed by atoms with Crippen molar-refractivity contribution in [1.29, 1.82) is 0 Å². The number of carbonyl (C=O) groups is 1. The zero-order valence-electron chi connectivity index (χ0n) is 16.9. The minimum atomic E-state index is 0.0321. The zero-order chi connectivity index (χ0) is 19.9. The lowest BCUT2D eigenvalue weighted by Crippen LogP contribution is -2.12. The van der Waals surface area contributed by atoms with Crippen LogP contribution in [-0.4, -0.2) is 80.2 Å². The van der Waals surface area contributed by atoms with Crippen molar-refractivity contribution >= 4 is 5.78 Å². The fourth-order valence-corrected chi connectivity index (χ4v) is 1.36. The summed E-state index contributed by atoms with van der Waals surface area (Å²) in [4.78, 5) is 10.5. The Morgan fingerprint density at radius 1 is 0.885 bits per heavy atom. The number of nitrogens with one attached hydrogen (secondary N) is 2. The maximum atomic E-state index is 10.5. The first kappa shape index (κ1) is 26.7. The summed E-state index contributed by atoms with van der Waals surface area (Å²) in [7, 11) is 7.19. The van der Waals surface area contributed by atoms with E-state index in [0.717, 1.165) is 32.1 Å². The van der Waals surface area contributed by atoms with Gasteiger partial charge in [-0.15, -0.1) is 0 Å². The molecule has 0 aromatic heterocycles. The zero-order valence-corrected chi connectivity index (χ0v) is 16.9. The van der Waals surface area contributed by atoms with Crippen molar-refractivity contribution in [1.82, 2.24) is 10.6 Å². The highest BCUT2D eigenvalue weighted by Gasteiger charge is 1.94. The van der Waals surface area contributed by atoms with Crippen molar-refractivity contribution in [3.63, 3.8) is 0 Å². The van der Waals surface area contributed by atoms with Gasteiger partial charge in [-0.2, -0.15) is 0 Å². The van der Waals surface area contributed by atoms with Gasteiger partial charge in [-0.25, -0.2) is 0 Å². The van der Waals surface area contributed by atoms with Crippen molar-refractivity contribution in [2.45, 2.75) is 6.92 Å². The predicted molar refractivity (Wildman–Crippen MR) is 105 cm³/mol. The van der Waals surface area contributed by atoms with E-state index in [-0.39, 0.29) is 12.4 Å². The predicted octanol–water partition coefficient (Wildman–Crippen LogP) is 1.38. The monoisotopic (exact) mass is 372 g/mol. The largest absolute Gasteiger partial charge is 0.491 e. The van der Waals surface area contributed by atoms with E-state index in [1.54, 1.807) is 14.2 Å². The Morgan fingerprint density at radius 3 is 1.81 bits per heavy atom. The van der Waals surface area contributed by atoms with Crippen LogP contribution in [-0.2, 0) is 19.0 Å². The Kier molecular flexibility index (Phi) is 24.1. The molecule has 2 N–H and O–H groups in total. The van der Waals surface area contributed by atoms with Crippen molar-refractivity contribution in [2.24, 2.45) is 0 Å². The van der Waals surface area contributed by atoms with Gasteiger partial charge in [0.15, 0.2) is 5.78 Å². The molecule has 0 fully saturated rings. The van der Waals surface area contributed by atoms with Crippen LogP contribution >= 0.6 is 0 Å². The second-order valence-electron chi connectivity index (χ2n) is 5.11. The first-order valence-corrected chi connectivity index (χ1v) is 8.64. The minimum absolute atomic E-state index is 0.0321. The molecule has 1 aromatic carbocycles. The summed E-state index contributed by atoms with van der Waals surface area (Å²) >= 11 is 0. The molecule has 0 aliphatic rings. The molecule has 0 aliphatic carbocycles. The Hall–Kier alpha value is -1.51.